The van der Waals surface area contributed by atoms with Gasteiger partial charge in [-0.25, -0.2) is 0 Å². The van der Waals surface area contributed by atoms with E-state index >= 15 is 0 Å². The molecule has 1 aliphatic rings. The highest BCUT2D eigenvalue weighted by molar-refractivity contribution is 5.69. The molecule has 0 amide bonds. The maximum atomic E-state index is 12.0. The van der Waals surface area contributed by atoms with Gasteiger partial charge < -0.3 is 14.9 Å². The van der Waals surface area contributed by atoms with Gasteiger partial charge in [-0.2, -0.15) is 0 Å². The zero-order chi connectivity index (χ0) is 20.8. The van der Waals surface area contributed by atoms with Crippen molar-refractivity contribution in [3.8, 4) is 0 Å². The van der Waals surface area contributed by atoms with Gasteiger partial charge in [0.25, 0.3) is 0 Å². The quantitative estimate of drug-likeness (QED) is 0.296. The minimum absolute atomic E-state index is 0.134. The van der Waals surface area contributed by atoms with Gasteiger partial charge in [0.1, 0.15) is 0 Å². The van der Waals surface area contributed by atoms with Gasteiger partial charge in [-0.3, -0.25) is 14.4 Å². The van der Waals surface area contributed by atoms with Crippen LogP contribution in [0.2, 0.25) is 0 Å². The van der Waals surface area contributed by atoms with Crippen molar-refractivity contribution < 1.29 is 29.3 Å². The number of rotatable bonds is 15. The highest BCUT2D eigenvalue weighted by Crippen LogP contribution is 2.40. The molecule has 6 heteroatoms. The second-order valence-electron chi connectivity index (χ2n) is 8.24. The number of carboxylic acids is 2. The van der Waals surface area contributed by atoms with Crippen LogP contribution in [0.15, 0.2) is 0 Å². The standard InChI is InChI=1S/C22H38O6/c1-2-3-4-5-6-15-28-22(27)14-11-18-9-7-17(8-12-20(23)24)16-19(18)10-13-21(25)26/h17-19H,2-16H2,1H3,(H,23,24)(H,25,26). The van der Waals surface area contributed by atoms with Crippen LogP contribution in [0.1, 0.15) is 96.8 Å². The van der Waals surface area contributed by atoms with Crippen LogP contribution in [0, 0.1) is 17.8 Å². The highest BCUT2D eigenvalue weighted by atomic mass is 16.5. The van der Waals surface area contributed by atoms with E-state index in [2.05, 4.69) is 6.92 Å². The summed E-state index contributed by atoms with van der Waals surface area (Å²) in [4.78, 5) is 33.8. The zero-order valence-corrected chi connectivity index (χ0v) is 17.4. The first-order valence-electron chi connectivity index (χ1n) is 11.0. The molecule has 3 unspecified atom stereocenters. The number of ether oxygens (including phenoxy) is 1. The van der Waals surface area contributed by atoms with E-state index in [0.717, 1.165) is 38.5 Å². The molecule has 0 spiro atoms. The lowest BCUT2D eigenvalue weighted by molar-refractivity contribution is -0.144. The van der Waals surface area contributed by atoms with Crippen LogP contribution in [0.3, 0.4) is 0 Å². The number of hydrogen-bond acceptors (Lipinski definition) is 4. The van der Waals surface area contributed by atoms with Crippen molar-refractivity contribution in [2.75, 3.05) is 6.61 Å². The third kappa shape index (κ3) is 11.3. The number of aliphatic carboxylic acids is 2. The Hall–Kier alpha value is -1.59. The summed E-state index contributed by atoms with van der Waals surface area (Å²) in [5.74, 6) is -0.791. The van der Waals surface area contributed by atoms with Gasteiger partial charge >= 0.3 is 17.9 Å². The lowest BCUT2D eigenvalue weighted by atomic mass is 9.69. The number of carbonyl (C=O) groups excluding carboxylic acids is 1. The Morgan fingerprint density at radius 3 is 2.14 bits per heavy atom. The summed E-state index contributed by atoms with van der Waals surface area (Å²) in [6, 6.07) is 0. The van der Waals surface area contributed by atoms with E-state index in [0.29, 0.717) is 37.7 Å². The van der Waals surface area contributed by atoms with Gasteiger partial charge in [0.05, 0.1) is 6.61 Å². The number of hydrogen-bond donors (Lipinski definition) is 2. The van der Waals surface area contributed by atoms with Gasteiger partial charge in [-0.15, -0.1) is 0 Å². The average molecular weight is 399 g/mol. The summed E-state index contributed by atoms with van der Waals surface area (Å²) in [6.07, 6.45) is 11.1. The first-order chi connectivity index (χ1) is 13.4. The molecule has 0 radical (unpaired) electrons. The third-order valence-electron chi connectivity index (χ3n) is 5.97. The van der Waals surface area contributed by atoms with E-state index in [4.69, 9.17) is 14.9 Å². The average Bonchev–Trinajstić information content (AvgIpc) is 2.66. The van der Waals surface area contributed by atoms with Crippen molar-refractivity contribution in [3.63, 3.8) is 0 Å². The van der Waals surface area contributed by atoms with Crippen molar-refractivity contribution in [2.45, 2.75) is 96.8 Å². The summed E-state index contributed by atoms with van der Waals surface area (Å²) in [5.41, 5.74) is 0. The molecule has 3 atom stereocenters. The van der Waals surface area contributed by atoms with Crippen LogP contribution < -0.4 is 0 Å². The topological polar surface area (TPSA) is 101 Å². The van der Waals surface area contributed by atoms with E-state index in [1.165, 1.54) is 19.3 Å². The Kier molecular flexibility index (Phi) is 12.6. The van der Waals surface area contributed by atoms with Crippen LogP contribution in [-0.2, 0) is 19.1 Å². The van der Waals surface area contributed by atoms with Crippen LogP contribution in [0.5, 0.6) is 0 Å². The van der Waals surface area contributed by atoms with Crippen molar-refractivity contribution in [1.82, 2.24) is 0 Å². The number of carbonyl (C=O) groups is 3. The third-order valence-corrected chi connectivity index (χ3v) is 5.97. The fourth-order valence-corrected chi connectivity index (χ4v) is 4.32. The fourth-order valence-electron chi connectivity index (χ4n) is 4.32. The Morgan fingerprint density at radius 2 is 1.46 bits per heavy atom. The first kappa shape index (κ1) is 24.4. The molecule has 1 rings (SSSR count). The summed E-state index contributed by atoms with van der Waals surface area (Å²) in [7, 11) is 0. The normalized spacial score (nSPS) is 22.0. The molecule has 1 fully saturated rings. The van der Waals surface area contributed by atoms with E-state index in [-0.39, 0.29) is 24.7 Å². The Labute approximate surface area is 169 Å². The zero-order valence-electron chi connectivity index (χ0n) is 17.4. The predicted molar refractivity (Wildman–Crippen MR) is 107 cm³/mol. The molecule has 0 aliphatic heterocycles. The van der Waals surface area contributed by atoms with Crippen molar-refractivity contribution in [1.29, 1.82) is 0 Å². The maximum Gasteiger partial charge on any atom is 0.305 e. The molecule has 0 aromatic rings. The van der Waals surface area contributed by atoms with Crippen molar-refractivity contribution in [2.24, 2.45) is 17.8 Å². The highest BCUT2D eigenvalue weighted by Gasteiger charge is 2.31. The van der Waals surface area contributed by atoms with Crippen LogP contribution in [0.25, 0.3) is 0 Å². The minimum Gasteiger partial charge on any atom is -0.481 e. The molecule has 0 aromatic carbocycles. The molecule has 1 aliphatic carbocycles. The Balaban J connectivity index is 2.36. The van der Waals surface area contributed by atoms with E-state index in [9.17, 15) is 14.4 Å². The maximum absolute atomic E-state index is 12.0. The van der Waals surface area contributed by atoms with E-state index in [1.807, 2.05) is 0 Å². The summed E-state index contributed by atoms with van der Waals surface area (Å²) in [6.45, 7) is 2.66. The Morgan fingerprint density at radius 1 is 0.821 bits per heavy atom. The molecular weight excluding hydrogens is 360 g/mol. The second kappa shape index (κ2) is 14.4. The molecule has 0 heterocycles. The minimum atomic E-state index is -0.797. The largest absolute Gasteiger partial charge is 0.481 e. The first-order valence-corrected chi connectivity index (χ1v) is 11.0. The van der Waals surface area contributed by atoms with E-state index in [1.54, 1.807) is 0 Å². The van der Waals surface area contributed by atoms with Gasteiger partial charge in [-0.05, 0) is 56.3 Å². The lowest BCUT2D eigenvalue weighted by Crippen LogP contribution is -2.27. The van der Waals surface area contributed by atoms with Gasteiger partial charge in [0.15, 0.2) is 0 Å². The smallest absolute Gasteiger partial charge is 0.305 e. The van der Waals surface area contributed by atoms with E-state index < -0.39 is 11.9 Å². The monoisotopic (exact) mass is 398 g/mol. The van der Waals surface area contributed by atoms with Crippen molar-refractivity contribution >= 4 is 17.9 Å². The molecule has 0 bridgehead atoms. The predicted octanol–water partition coefficient (Wildman–Crippen LogP) is 5.04. The number of unbranched alkanes of at least 4 members (excludes halogenated alkanes) is 4. The number of esters is 1. The van der Waals surface area contributed by atoms with Gasteiger partial charge in [-0.1, -0.05) is 39.0 Å². The molecule has 1 saturated carbocycles. The molecule has 162 valence electrons. The van der Waals surface area contributed by atoms with Crippen LogP contribution in [0.4, 0.5) is 0 Å². The number of carboxylic acid groups (broad SMARTS) is 2. The van der Waals surface area contributed by atoms with Gasteiger partial charge in [0.2, 0.25) is 0 Å². The van der Waals surface area contributed by atoms with Crippen LogP contribution >= 0.6 is 0 Å². The molecule has 6 nitrogen and oxygen atoms in total. The van der Waals surface area contributed by atoms with Crippen molar-refractivity contribution in [3.05, 3.63) is 0 Å². The lowest BCUT2D eigenvalue weighted by Gasteiger charge is -2.36. The SMILES string of the molecule is CCCCCCCOC(=O)CCC1CCC(CCC(=O)O)CC1CCC(=O)O. The fraction of sp³-hybridized carbons (Fsp3) is 0.864. The molecule has 28 heavy (non-hydrogen) atoms. The second-order valence-corrected chi connectivity index (χ2v) is 8.24. The molecule has 0 aromatic heterocycles. The summed E-state index contributed by atoms with van der Waals surface area (Å²) >= 11 is 0. The van der Waals surface area contributed by atoms with Gasteiger partial charge in [0, 0.05) is 19.3 Å². The molecule has 0 saturated heterocycles. The molecule has 2 N–H and O–H groups in total. The summed E-state index contributed by atoms with van der Waals surface area (Å²) in [5, 5.41) is 17.9. The Bertz CT molecular complexity index is 476. The molecular formula is C22H38O6. The van der Waals surface area contributed by atoms with Crippen LogP contribution in [-0.4, -0.2) is 34.7 Å². The summed E-state index contributed by atoms with van der Waals surface area (Å²) < 4.78 is 5.33.